The van der Waals surface area contributed by atoms with Gasteiger partial charge in [-0.15, -0.1) is 0 Å². The molecule has 0 radical (unpaired) electrons. The maximum Gasteiger partial charge on any atom is 0.255 e. The second kappa shape index (κ2) is 7.67. The standard InChI is InChI=1S/C25H24N2O3/c1-25(2,3)17-11-9-16(10-12-17)23(28)26-18-13-14-20-22(15-18)30-24(27-20)19-7-5-6-8-21(19)29-4/h5-15H,1-4H3,(H,26,28). The Hall–Kier alpha value is -3.60. The number of hydrogen-bond donors (Lipinski definition) is 1. The third-order valence-electron chi connectivity index (χ3n) is 5.00. The first-order chi connectivity index (χ1) is 14.3. The third-order valence-corrected chi connectivity index (χ3v) is 5.00. The number of carbonyl (C=O) groups is 1. The molecule has 5 nitrogen and oxygen atoms in total. The van der Waals surface area contributed by atoms with Crippen molar-refractivity contribution in [2.75, 3.05) is 12.4 Å². The van der Waals surface area contributed by atoms with Gasteiger partial charge in [-0.1, -0.05) is 45.0 Å². The lowest BCUT2D eigenvalue weighted by molar-refractivity contribution is 0.102. The first-order valence-corrected chi connectivity index (χ1v) is 9.81. The lowest BCUT2D eigenvalue weighted by Crippen LogP contribution is -2.14. The van der Waals surface area contributed by atoms with Gasteiger partial charge < -0.3 is 14.5 Å². The van der Waals surface area contributed by atoms with E-state index in [2.05, 4.69) is 31.1 Å². The van der Waals surface area contributed by atoms with E-state index in [0.29, 0.717) is 34.0 Å². The molecule has 0 atom stereocenters. The van der Waals surface area contributed by atoms with Gasteiger partial charge in [0.1, 0.15) is 11.3 Å². The molecule has 5 heteroatoms. The molecule has 1 aromatic heterocycles. The second-order valence-electron chi connectivity index (χ2n) is 8.18. The summed E-state index contributed by atoms with van der Waals surface area (Å²) in [6, 6.07) is 20.7. The van der Waals surface area contributed by atoms with Crippen LogP contribution in [0.5, 0.6) is 5.75 Å². The van der Waals surface area contributed by atoms with Crippen molar-refractivity contribution < 1.29 is 13.9 Å². The third kappa shape index (κ3) is 3.92. The molecular weight excluding hydrogens is 376 g/mol. The highest BCUT2D eigenvalue weighted by molar-refractivity contribution is 6.05. The van der Waals surface area contributed by atoms with Gasteiger partial charge in [-0.2, -0.15) is 0 Å². The van der Waals surface area contributed by atoms with E-state index in [4.69, 9.17) is 9.15 Å². The van der Waals surface area contributed by atoms with E-state index in [9.17, 15) is 4.79 Å². The number of hydrogen-bond acceptors (Lipinski definition) is 4. The van der Waals surface area contributed by atoms with Crippen molar-refractivity contribution >= 4 is 22.7 Å². The Morgan fingerprint density at radius 2 is 1.73 bits per heavy atom. The summed E-state index contributed by atoms with van der Waals surface area (Å²) >= 11 is 0. The summed E-state index contributed by atoms with van der Waals surface area (Å²) < 4.78 is 11.3. The molecule has 0 aliphatic carbocycles. The SMILES string of the molecule is COc1ccccc1-c1nc2ccc(NC(=O)c3ccc(C(C)(C)C)cc3)cc2o1. The maximum atomic E-state index is 12.6. The highest BCUT2D eigenvalue weighted by Gasteiger charge is 2.16. The van der Waals surface area contributed by atoms with Gasteiger partial charge in [-0.3, -0.25) is 4.79 Å². The van der Waals surface area contributed by atoms with Crippen molar-refractivity contribution in [2.24, 2.45) is 0 Å². The molecule has 1 heterocycles. The number of amides is 1. The van der Waals surface area contributed by atoms with Crippen LogP contribution >= 0.6 is 0 Å². The number of para-hydroxylation sites is 1. The minimum atomic E-state index is -0.167. The van der Waals surface area contributed by atoms with E-state index < -0.39 is 0 Å². The van der Waals surface area contributed by atoms with E-state index in [1.54, 1.807) is 13.2 Å². The van der Waals surface area contributed by atoms with Gasteiger partial charge in [0.15, 0.2) is 5.58 Å². The van der Waals surface area contributed by atoms with Crippen molar-refractivity contribution in [1.82, 2.24) is 4.98 Å². The molecule has 0 aliphatic rings. The van der Waals surface area contributed by atoms with Gasteiger partial charge in [0.05, 0.1) is 12.7 Å². The number of rotatable bonds is 4. The summed E-state index contributed by atoms with van der Waals surface area (Å²) in [5.74, 6) is 0.999. The van der Waals surface area contributed by atoms with Gasteiger partial charge in [0.25, 0.3) is 5.91 Å². The molecule has 3 aromatic carbocycles. The average molecular weight is 400 g/mol. The van der Waals surface area contributed by atoms with Gasteiger partial charge in [0, 0.05) is 17.3 Å². The van der Waals surface area contributed by atoms with E-state index in [1.807, 2.05) is 60.7 Å². The molecular formula is C25H24N2O3. The lowest BCUT2D eigenvalue weighted by Gasteiger charge is -2.19. The fourth-order valence-electron chi connectivity index (χ4n) is 3.26. The van der Waals surface area contributed by atoms with E-state index in [0.717, 1.165) is 5.56 Å². The van der Waals surface area contributed by atoms with Crippen LogP contribution in [0.1, 0.15) is 36.7 Å². The number of nitrogens with zero attached hydrogens (tertiary/aromatic N) is 1. The van der Waals surface area contributed by atoms with Crippen LogP contribution in [0.15, 0.2) is 71.1 Å². The molecule has 30 heavy (non-hydrogen) atoms. The fourth-order valence-corrected chi connectivity index (χ4v) is 3.26. The molecule has 152 valence electrons. The van der Waals surface area contributed by atoms with Crippen molar-refractivity contribution in [3.63, 3.8) is 0 Å². The van der Waals surface area contributed by atoms with Crippen molar-refractivity contribution in [1.29, 1.82) is 0 Å². The van der Waals surface area contributed by atoms with Crippen LogP contribution < -0.4 is 10.1 Å². The Kier molecular flexibility index (Phi) is 5.04. The number of fused-ring (bicyclic) bond motifs is 1. The van der Waals surface area contributed by atoms with Crippen LogP contribution in [0, 0.1) is 0 Å². The quantitative estimate of drug-likeness (QED) is 0.453. The molecule has 0 aliphatic heterocycles. The monoisotopic (exact) mass is 400 g/mol. The molecule has 0 fully saturated rings. The van der Waals surface area contributed by atoms with E-state index in [1.165, 1.54) is 5.56 Å². The van der Waals surface area contributed by atoms with Gasteiger partial charge in [-0.05, 0) is 47.4 Å². The van der Waals surface area contributed by atoms with Crippen molar-refractivity contribution in [3.8, 4) is 17.2 Å². The highest BCUT2D eigenvalue weighted by Crippen LogP contribution is 2.32. The number of nitrogens with one attached hydrogen (secondary N) is 1. The number of aromatic nitrogens is 1. The van der Waals surface area contributed by atoms with Crippen molar-refractivity contribution in [2.45, 2.75) is 26.2 Å². The van der Waals surface area contributed by atoms with Crippen LogP contribution in [-0.4, -0.2) is 18.0 Å². The zero-order valence-electron chi connectivity index (χ0n) is 17.5. The average Bonchev–Trinajstić information content (AvgIpc) is 3.16. The largest absolute Gasteiger partial charge is 0.496 e. The van der Waals surface area contributed by atoms with Crippen LogP contribution in [0.3, 0.4) is 0 Å². The minimum Gasteiger partial charge on any atom is -0.496 e. The van der Waals surface area contributed by atoms with Crippen LogP contribution in [0.4, 0.5) is 5.69 Å². The zero-order valence-corrected chi connectivity index (χ0v) is 17.5. The maximum absolute atomic E-state index is 12.6. The number of carbonyl (C=O) groups excluding carboxylic acids is 1. The molecule has 0 bridgehead atoms. The number of benzene rings is 3. The van der Waals surface area contributed by atoms with Crippen LogP contribution in [-0.2, 0) is 5.41 Å². The smallest absolute Gasteiger partial charge is 0.255 e. The number of oxazole rings is 1. The summed E-state index contributed by atoms with van der Waals surface area (Å²) in [4.78, 5) is 17.2. The Morgan fingerprint density at radius 3 is 2.43 bits per heavy atom. The van der Waals surface area contributed by atoms with Gasteiger partial charge >= 0.3 is 0 Å². The predicted octanol–water partition coefficient (Wildman–Crippen LogP) is 6.05. The number of ether oxygens (including phenoxy) is 1. The molecule has 0 saturated carbocycles. The fraction of sp³-hybridized carbons (Fsp3) is 0.200. The molecule has 1 amide bonds. The number of methoxy groups -OCH3 is 1. The van der Waals surface area contributed by atoms with Crippen molar-refractivity contribution in [3.05, 3.63) is 77.9 Å². The first kappa shape index (κ1) is 19.7. The minimum absolute atomic E-state index is 0.0471. The molecule has 0 unspecified atom stereocenters. The second-order valence-corrected chi connectivity index (χ2v) is 8.18. The Labute approximate surface area is 175 Å². The topological polar surface area (TPSA) is 64.4 Å². The summed E-state index contributed by atoms with van der Waals surface area (Å²) in [6.45, 7) is 6.44. The zero-order chi connectivity index (χ0) is 21.3. The summed E-state index contributed by atoms with van der Waals surface area (Å²) in [6.07, 6.45) is 0. The van der Waals surface area contributed by atoms with E-state index in [-0.39, 0.29) is 11.3 Å². The Bertz CT molecular complexity index is 1200. The number of anilines is 1. The van der Waals surface area contributed by atoms with Crippen LogP contribution in [0.2, 0.25) is 0 Å². The molecule has 4 rings (SSSR count). The molecule has 0 spiro atoms. The van der Waals surface area contributed by atoms with Gasteiger partial charge in [0.2, 0.25) is 5.89 Å². The first-order valence-electron chi connectivity index (χ1n) is 9.81. The summed E-state index contributed by atoms with van der Waals surface area (Å²) in [5, 5.41) is 2.93. The highest BCUT2D eigenvalue weighted by atomic mass is 16.5. The molecule has 1 N–H and O–H groups in total. The Balaban J connectivity index is 1.57. The normalized spacial score (nSPS) is 11.5. The lowest BCUT2D eigenvalue weighted by atomic mass is 9.87. The van der Waals surface area contributed by atoms with Crippen LogP contribution in [0.25, 0.3) is 22.6 Å². The Morgan fingerprint density at radius 1 is 1.00 bits per heavy atom. The molecule has 4 aromatic rings. The molecule has 0 saturated heterocycles. The summed E-state index contributed by atoms with van der Waals surface area (Å²) in [5.41, 5.74) is 4.57. The summed E-state index contributed by atoms with van der Waals surface area (Å²) in [7, 11) is 1.61. The predicted molar refractivity (Wildman–Crippen MR) is 119 cm³/mol. The van der Waals surface area contributed by atoms with Gasteiger partial charge in [-0.25, -0.2) is 4.98 Å². The van der Waals surface area contributed by atoms with E-state index >= 15 is 0 Å².